The number of furan rings is 1. The first kappa shape index (κ1) is 20.3. The van der Waals surface area contributed by atoms with Gasteiger partial charge in [-0.1, -0.05) is 37.5 Å². The molecule has 1 saturated carbocycles. The standard InChI is InChI=1S/C23H29FN6O/c24-21-11-5-4-10-20(21)22(23-25-26-27-30(23)17-19-9-6-16-31-19)29-14-12-28(13-15-29)18-7-2-1-3-8-18/h4-6,9-11,16,18,22H,1-3,7-8,12-15,17H2. The van der Waals surface area contributed by atoms with Crippen molar-refractivity contribution in [1.82, 2.24) is 30.0 Å². The van der Waals surface area contributed by atoms with Crippen LogP contribution >= 0.6 is 0 Å². The Morgan fingerprint density at radius 1 is 1.00 bits per heavy atom. The van der Waals surface area contributed by atoms with Crippen LogP contribution in [-0.4, -0.2) is 62.2 Å². The van der Waals surface area contributed by atoms with Crippen molar-refractivity contribution in [3.05, 3.63) is 65.6 Å². The third-order valence-corrected chi connectivity index (χ3v) is 6.69. The molecule has 1 atom stereocenters. The van der Waals surface area contributed by atoms with Gasteiger partial charge in [-0.15, -0.1) is 5.10 Å². The van der Waals surface area contributed by atoms with E-state index in [9.17, 15) is 4.39 Å². The van der Waals surface area contributed by atoms with Crippen molar-refractivity contribution < 1.29 is 8.81 Å². The molecule has 1 aliphatic carbocycles. The van der Waals surface area contributed by atoms with Gasteiger partial charge >= 0.3 is 0 Å². The molecule has 3 aromatic rings. The number of halogens is 1. The van der Waals surface area contributed by atoms with E-state index in [1.807, 2.05) is 24.3 Å². The predicted octanol–water partition coefficient (Wildman–Crippen LogP) is 3.49. The molecule has 2 aromatic heterocycles. The Labute approximate surface area is 181 Å². The molecule has 0 amide bonds. The van der Waals surface area contributed by atoms with Gasteiger partial charge in [0.2, 0.25) is 0 Å². The number of rotatable bonds is 6. The first-order valence-electron chi connectivity index (χ1n) is 11.3. The van der Waals surface area contributed by atoms with E-state index >= 15 is 0 Å². The van der Waals surface area contributed by atoms with Crippen molar-refractivity contribution in [2.45, 2.75) is 50.7 Å². The average Bonchev–Trinajstić information content (AvgIpc) is 3.49. The highest BCUT2D eigenvalue weighted by molar-refractivity contribution is 5.27. The van der Waals surface area contributed by atoms with Crippen LogP contribution in [0.25, 0.3) is 0 Å². The third kappa shape index (κ3) is 4.41. The number of benzene rings is 1. The van der Waals surface area contributed by atoms with Crippen LogP contribution in [0, 0.1) is 5.82 Å². The number of aromatic nitrogens is 4. The molecule has 7 nitrogen and oxygen atoms in total. The van der Waals surface area contributed by atoms with Gasteiger partial charge in [0.05, 0.1) is 6.26 Å². The summed E-state index contributed by atoms with van der Waals surface area (Å²) in [4.78, 5) is 4.95. The summed E-state index contributed by atoms with van der Waals surface area (Å²) in [6, 6.07) is 11.1. The fraction of sp³-hybridized carbons (Fsp3) is 0.522. The van der Waals surface area contributed by atoms with E-state index in [1.165, 1.54) is 38.2 Å². The second-order valence-corrected chi connectivity index (χ2v) is 8.56. The monoisotopic (exact) mass is 424 g/mol. The second kappa shape index (κ2) is 9.28. The lowest BCUT2D eigenvalue weighted by Gasteiger charge is -2.43. The highest BCUT2D eigenvalue weighted by Gasteiger charge is 2.34. The van der Waals surface area contributed by atoms with E-state index < -0.39 is 0 Å². The van der Waals surface area contributed by atoms with Crippen LogP contribution in [0.4, 0.5) is 4.39 Å². The second-order valence-electron chi connectivity index (χ2n) is 8.56. The van der Waals surface area contributed by atoms with Crippen LogP contribution in [0.3, 0.4) is 0 Å². The number of hydrogen-bond donors (Lipinski definition) is 0. The van der Waals surface area contributed by atoms with Gasteiger partial charge in [-0.2, -0.15) is 0 Å². The highest BCUT2D eigenvalue weighted by atomic mass is 19.1. The lowest BCUT2D eigenvalue weighted by molar-refractivity contribution is 0.0612. The van der Waals surface area contributed by atoms with Gasteiger partial charge < -0.3 is 4.42 Å². The molecule has 1 unspecified atom stereocenters. The van der Waals surface area contributed by atoms with Gasteiger partial charge in [-0.25, -0.2) is 9.07 Å². The summed E-state index contributed by atoms with van der Waals surface area (Å²) in [6.07, 6.45) is 8.28. The summed E-state index contributed by atoms with van der Waals surface area (Å²) in [7, 11) is 0. The molecule has 31 heavy (non-hydrogen) atoms. The van der Waals surface area contributed by atoms with Crippen molar-refractivity contribution in [2.24, 2.45) is 0 Å². The van der Waals surface area contributed by atoms with E-state index in [0.29, 0.717) is 24.0 Å². The largest absolute Gasteiger partial charge is 0.467 e. The first-order valence-corrected chi connectivity index (χ1v) is 11.3. The summed E-state index contributed by atoms with van der Waals surface area (Å²) < 4.78 is 22.1. The van der Waals surface area contributed by atoms with Crippen molar-refractivity contribution in [2.75, 3.05) is 26.2 Å². The van der Waals surface area contributed by atoms with Crippen molar-refractivity contribution in [3.63, 3.8) is 0 Å². The Hall–Kier alpha value is -2.58. The minimum Gasteiger partial charge on any atom is -0.467 e. The van der Waals surface area contributed by atoms with Crippen LogP contribution in [0.5, 0.6) is 0 Å². The summed E-state index contributed by atoms with van der Waals surface area (Å²) in [5, 5.41) is 12.4. The van der Waals surface area contributed by atoms with Gasteiger partial charge in [0.1, 0.15) is 24.2 Å². The summed E-state index contributed by atoms with van der Waals surface area (Å²) in [5.41, 5.74) is 0.615. The Morgan fingerprint density at radius 3 is 2.55 bits per heavy atom. The van der Waals surface area contributed by atoms with Gasteiger partial charge in [0, 0.05) is 37.8 Å². The van der Waals surface area contributed by atoms with Crippen molar-refractivity contribution in [1.29, 1.82) is 0 Å². The zero-order chi connectivity index (χ0) is 21.0. The molecule has 2 fully saturated rings. The Bertz CT molecular complexity index is 960. The van der Waals surface area contributed by atoms with Gasteiger partial charge in [-0.3, -0.25) is 9.80 Å². The van der Waals surface area contributed by atoms with Crippen LogP contribution in [0.2, 0.25) is 0 Å². The SMILES string of the molecule is Fc1ccccc1C(c1nnnn1Cc1ccco1)N1CCN(C2CCCCC2)CC1. The predicted molar refractivity (Wildman–Crippen MR) is 114 cm³/mol. The lowest BCUT2D eigenvalue weighted by atomic mass is 9.93. The topological polar surface area (TPSA) is 63.2 Å². The van der Waals surface area contributed by atoms with E-state index in [1.54, 1.807) is 17.0 Å². The number of hydrogen-bond acceptors (Lipinski definition) is 6. The average molecular weight is 425 g/mol. The smallest absolute Gasteiger partial charge is 0.173 e. The Morgan fingerprint density at radius 2 is 1.81 bits per heavy atom. The van der Waals surface area contributed by atoms with Crippen molar-refractivity contribution in [3.8, 4) is 0 Å². The van der Waals surface area contributed by atoms with Crippen LogP contribution in [0.15, 0.2) is 47.1 Å². The number of nitrogens with zero attached hydrogens (tertiary/aromatic N) is 6. The van der Waals surface area contributed by atoms with E-state index in [-0.39, 0.29) is 11.9 Å². The number of piperazine rings is 1. The molecule has 8 heteroatoms. The molecular weight excluding hydrogens is 395 g/mol. The Balaban J connectivity index is 1.40. The summed E-state index contributed by atoms with van der Waals surface area (Å²) in [6.45, 7) is 4.14. The molecular formula is C23H29FN6O. The lowest BCUT2D eigenvalue weighted by Crippen LogP contribution is -2.52. The van der Waals surface area contributed by atoms with E-state index in [0.717, 1.165) is 31.9 Å². The number of tetrazole rings is 1. The maximum absolute atomic E-state index is 14.9. The van der Waals surface area contributed by atoms with E-state index in [4.69, 9.17) is 4.42 Å². The molecule has 0 bridgehead atoms. The summed E-state index contributed by atoms with van der Waals surface area (Å²) >= 11 is 0. The molecule has 0 radical (unpaired) electrons. The fourth-order valence-electron chi connectivity index (χ4n) is 5.07. The fourth-order valence-corrected chi connectivity index (χ4v) is 5.07. The van der Waals surface area contributed by atoms with Crippen LogP contribution in [-0.2, 0) is 6.54 Å². The molecule has 3 heterocycles. The van der Waals surface area contributed by atoms with Gasteiger partial charge in [0.25, 0.3) is 0 Å². The summed E-state index contributed by atoms with van der Waals surface area (Å²) in [5.74, 6) is 1.19. The van der Waals surface area contributed by atoms with E-state index in [2.05, 4.69) is 25.3 Å². The minimum absolute atomic E-state index is 0.227. The molecule has 1 aliphatic heterocycles. The van der Waals surface area contributed by atoms with Gasteiger partial charge in [-0.05, 0) is 41.5 Å². The highest BCUT2D eigenvalue weighted by Crippen LogP contribution is 2.31. The maximum atomic E-state index is 14.9. The van der Waals surface area contributed by atoms with Crippen LogP contribution < -0.4 is 0 Å². The maximum Gasteiger partial charge on any atom is 0.173 e. The zero-order valence-electron chi connectivity index (χ0n) is 17.7. The molecule has 1 aromatic carbocycles. The molecule has 164 valence electrons. The van der Waals surface area contributed by atoms with Crippen molar-refractivity contribution >= 4 is 0 Å². The quantitative estimate of drug-likeness (QED) is 0.604. The third-order valence-electron chi connectivity index (χ3n) is 6.69. The minimum atomic E-state index is -0.334. The normalized spacial score (nSPS) is 20.2. The first-order chi connectivity index (χ1) is 15.3. The molecule has 0 spiro atoms. The molecule has 1 saturated heterocycles. The van der Waals surface area contributed by atoms with Crippen LogP contribution in [0.1, 0.15) is 55.3 Å². The molecule has 5 rings (SSSR count). The zero-order valence-corrected chi connectivity index (χ0v) is 17.7. The van der Waals surface area contributed by atoms with Gasteiger partial charge in [0.15, 0.2) is 5.82 Å². The molecule has 2 aliphatic rings. The Kier molecular flexibility index (Phi) is 6.08. The molecule has 0 N–H and O–H groups in total.